The summed E-state index contributed by atoms with van der Waals surface area (Å²) < 4.78 is 10.5. The highest BCUT2D eigenvalue weighted by molar-refractivity contribution is 7.80. The van der Waals surface area contributed by atoms with Crippen LogP contribution in [0.15, 0.2) is 0 Å². The number of thiol groups is 1. The number of rotatable bonds is 19. The summed E-state index contributed by atoms with van der Waals surface area (Å²) in [5.74, 6) is 1.07. The zero-order valence-corrected chi connectivity index (χ0v) is 16.7. The predicted molar refractivity (Wildman–Crippen MR) is 106 cm³/mol. The Kier molecular flexibility index (Phi) is 19.5. The largest absolute Gasteiger partial charge is 0.465 e. The van der Waals surface area contributed by atoms with Crippen molar-refractivity contribution >= 4 is 24.6 Å². The van der Waals surface area contributed by atoms with Crippen molar-refractivity contribution in [2.45, 2.75) is 57.8 Å². The molecule has 0 rings (SSSR count). The Morgan fingerprint density at radius 2 is 1.23 bits per heavy atom. The van der Waals surface area contributed by atoms with Crippen molar-refractivity contribution in [2.75, 3.05) is 45.3 Å². The maximum Gasteiger partial charge on any atom is 0.404 e. The fourth-order valence-electron chi connectivity index (χ4n) is 2.36. The molecule has 3 N–H and O–H groups in total. The summed E-state index contributed by atoms with van der Waals surface area (Å²) in [4.78, 5) is 21.8. The van der Waals surface area contributed by atoms with Crippen molar-refractivity contribution in [3.05, 3.63) is 0 Å². The molecule has 0 bridgehead atoms. The van der Waals surface area contributed by atoms with Gasteiger partial charge >= 0.3 is 6.09 Å². The lowest BCUT2D eigenvalue weighted by Crippen LogP contribution is -2.27. The van der Waals surface area contributed by atoms with E-state index in [1.54, 1.807) is 0 Å². The van der Waals surface area contributed by atoms with Gasteiger partial charge in [-0.1, -0.05) is 38.5 Å². The standard InChI is InChI=1S/C18H36N2O5S/c21-17(9-7-5-3-1-2-4-6-8-16-26)19-10-12-24-14-15-25-13-11-20-18(22)23/h20,26H,1-16H2,(H,19,21)(H,22,23). The Balaban J connectivity index is 3.16. The fourth-order valence-corrected chi connectivity index (χ4v) is 2.58. The highest BCUT2D eigenvalue weighted by Gasteiger charge is 2.00. The van der Waals surface area contributed by atoms with E-state index in [2.05, 4.69) is 23.3 Å². The van der Waals surface area contributed by atoms with Gasteiger partial charge in [0.05, 0.1) is 26.4 Å². The molecule has 0 aromatic heterocycles. The maximum atomic E-state index is 11.7. The van der Waals surface area contributed by atoms with Crippen molar-refractivity contribution in [2.24, 2.45) is 0 Å². The lowest BCUT2D eigenvalue weighted by Gasteiger charge is -2.07. The van der Waals surface area contributed by atoms with Crippen molar-refractivity contribution in [1.29, 1.82) is 0 Å². The van der Waals surface area contributed by atoms with Gasteiger partial charge in [0.25, 0.3) is 0 Å². The van der Waals surface area contributed by atoms with Gasteiger partial charge in [0.15, 0.2) is 0 Å². The zero-order chi connectivity index (χ0) is 19.3. The van der Waals surface area contributed by atoms with Gasteiger partial charge in [0, 0.05) is 19.5 Å². The number of hydrogen-bond donors (Lipinski definition) is 4. The van der Waals surface area contributed by atoms with E-state index in [1.807, 2.05) is 0 Å². The molecule has 0 saturated carbocycles. The van der Waals surface area contributed by atoms with E-state index in [4.69, 9.17) is 14.6 Å². The third-order valence-corrected chi connectivity index (χ3v) is 4.09. The lowest BCUT2D eigenvalue weighted by atomic mass is 10.1. The predicted octanol–water partition coefficient (Wildman–Crippen LogP) is 2.84. The molecule has 26 heavy (non-hydrogen) atoms. The number of carbonyl (C=O) groups excluding carboxylic acids is 1. The van der Waals surface area contributed by atoms with E-state index in [0.717, 1.165) is 18.6 Å². The zero-order valence-electron chi connectivity index (χ0n) is 15.8. The van der Waals surface area contributed by atoms with Crippen LogP contribution in [0.4, 0.5) is 4.79 Å². The molecular formula is C18H36N2O5S. The molecule has 0 unspecified atom stereocenters. The topological polar surface area (TPSA) is 96.9 Å². The Hall–Kier alpha value is -0.990. The van der Waals surface area contributed by atoms with Crippen molar-refractivity contribution in [1.82, 2.24) is 10.6 Å². The molecule has 0 atom stereocenters. The number of amides is 2. The monoisotopic (exact) mass is 392 g/mol. The number of carboxylic acid groups (broad SMARTS) is 1. The molecule has 0 spiro atoms. The summed E-state index contributed by atoms with van der Waals surface area (Å²) in [6, 6.07) is 0. The summed E-state index contributed by atoms with van der Waals surface area (Å²) in [5.41, 5.74) is 0. The summed E-state index contributed by atoms with van der Waals surface area (Å²) in [6.45, 7) is 2.38. The van der Waals surface area contributed by atoms with E-state index in [1.165, 1.54) is 38.5 Å². The number of unbranched alkanes of at least 4 members (excludes halogenated alkanes) is 7. The van der Waals surface area contributed by atoms with E-state index in [0.29, 0.717) is 39.4 Å². The van der Waals surface area contributed by atoms with Crippen molar-refractivity contribution in [3.63, 3.8) is 0 Å². The first-order valence-electron chi connectivity index (χ1n) is 9.66. The molecule has 0 radical (unpaired) electrons. The SMILES string of the molecule is O=C(O)NCCOCCOCCNC(=O)CCCCCCCCCCS. The number of ether oxygens (including phenoxy) is 2. The highest BCUT2D eigenvalue weighted by atomic mass is 32.1. The molecule has 0 fully saturated rings. The van der Waals surface area contributed by atoms with Gasteiger partial charge < -0.3 is 25.2 Å². The van der Waals surface area contributed by atoms with E-state index in [9.17, 15) is 9.59 Å². The molecule has 7 nitrogen and oxygen atoms in total. The van der Waals surface area contributed by atoms with Gasteiger partial charge in [-0.3, -0.25) is 4.79 Å². The molecule has 0 saturated heterocycles. The normalized spacial score (nSPS) is 10.7. The minimum atomic E-state index is -1.06. The van der Waals surface area contributed by atoms with Crippen LogP contribution in [0.3, 0.4) is 0 Å². The average molecular weight is 393 g/mol. The molecule has 0 aliphatic heterocycles. The number of nitrogens with one attached hydrogen (secondary N) is 2. The third-order valence-electron chi connectivity index (χ3n) is 3.78. The van der Waals surface area contributed by atoms with Gasteiger partial charge in [-0.2, -0.15) is 12.6 Å². The molecule has 0 aliphatic carbocycles. The summed E-state index contributed by atoms with van der Waals surface area (Å²) in [5, 5.41) is 13.4. The molecule has 2 amide bonds. The van der Waals surface area contributed by atoms with E-state index in [-0.39, 0.29) is 12.5 Å². The first-order chi connectivity index (χ1) is 12.7. The van der Waals surface area contributed by atoms with Gasteiger partial charge in [0.1, 0.15) is 0 Å². The van der Waals surface area contributed by atoms with Crippen LogP contribution in [-0.4, -0.2) is 62.4 Å². The molecule has 0 aliphatic rings. The van der Waals surface area contributed by atoms with Crippen LogP contribution in [0, 0.1) is 0 Å². The lowest BCUT2D eigenvalue weighted by molar-refractivity contribution is -0.121. The second-order valence-corrected chi connectivity index (χ2v) is 6.56. The highest BCUT2D eigenvalue weighted by Crippen LogP contribution is 2.09. The van der Waals surface area contributed by atoms with E-state index >= 15 is 0 Å². The van der Waals surface area contributed by atoms with Crippen LogP contribution in [0.2, 0.25) is 0 Å². The number of hydrogen-bond acceptors (Lipinski definition) is 5. The van der Waals surface area contributed by atoms with Crippen LogP contribution in [0.25, 0.3) is 0 Å². The molecule has 0 aromatic rings. The van der Waals surface area contributed by atoms with Crippen molar-refractivity contribution in [3.8, 4) is 0 Å². The van der Waals surface area contributed by atoms with Crippen LogP contribution >= 0.6 is 12.6 Å². The van der Waals surface area contributed by atoms with Crippen LogP contribution < -0.4 is 10.6 Å². The molecular weight excluding hydrogens is 356 g/mol. The minimum Gasteiger partial charge on any atom is -0.465 e. The Bertz CT molecular complexity index is 346. The van der Waals surface area contributed by atoms with Gasteiger partial charge in [0.2, 0.25) is 5.91 Å². The fraction of sp³-hybridized carbons (Fsp3) is 0.889. The Morgan fingerprint density at radius 1 is 0.731 bits per heavy atom. The average Bonchev–Trinajstić information content (AvgIpc) is 2.61. The molecule has 154 valence electrons. The summed E-state index contributed by atoms with van der Waals surface area (Å²) >= 11 is 4.20. The van der Waals surface area contributed by atoms with Gasteiger partial charge in [-0.15, -0.1) is 0 Å². The smallest absolute Gasteiger partial charge is 0.404 e. The van der Waals surface area contributed by atoms with Gasteiger partial charge in [-0.25, -0.2) is 4.79 Å². The Labute approximate surface area is 163 Å². The van der Waals surface area contributed by atoms with Gasteiger partial charge in [-0.05, 0) is 18.6 Å². The Morgan fingerprint density at radius 3 is 1.77 bits per heavy atom. The van der Waals surface area contributed by atoms with Crippen LogP contribution in [0.1, 0.15) is 57.8 Å². The minimum absolute atomic E-state index is 0.0818. The molecule has 0 aromatic carbocycles. The maximum absolute atomic E-state index is 11.7. The quantitative estimate of drug-likeness (QED) is 0.200. The number of carbonyl (C=O) groups is 2. The summed E-state index contributed by atoms with van der Waals surface area (Å²) in [7, 11) is 0. The molecule has 0 heterocycles. The van der Waals surface area contributed by atoms with Crippen LogP contribution in [-0.2, 0) is 14.3 Å². The van der Waals surface area contributed by atoms with E-state index < -0.39 is 6.09 Å². The second-order valence-electron chi connectivity index (χ2n) is 6.11. The molecule has 8 heteroatoms. The van der Waals surface area contributed by atoms with Crippen LogP contribution in [0.5, 0.6) is 0 Å². The first-order valence-corrected chi connectivity index (χ1v) is 10.3. The second kappa shape index (κ2) is 20.3. The summed E-state index contributed by atoms with van der Waals surface area (Å²) in [6.07, 6.45) is 9.14. The third kappa shape index (κ3) is 21.1. The van der Waals surface area contributed by atoms with Crippen molar-refractivity contribution < 1.29 is 24.2 Å². The first kappa shape index (κ1) is 25.0.